The summed E-state index contributed by atoms with van der Waals surface area (Å²) in [6, 6.07) is 0.877. The molecule has 0 saturated carbocycles. The lowest BCUT2D eigenvalue weighted by molar-refractivity contribution is -0.139. The van der Waals surface area contributed by atoms with E-state index < -0.39 is 12.1 Å². The normalized spacial score (nSPS) is 23.8. The highest BCUT2D eigenvalue weighted by Crippen LogP contribution is 2.20. The number of nitrogens with one attached hydrogen (secondary N) is 1. The molecule has 4 N–H and O–H groups in total. The molecule has 0 aromatic rings. The molecule has 1 fully saturated rings. The maximum absolute atomic E-state index is 10.4. The number of carbonyl (C=O) groups is 1. The lowest BCUT2D eigenvalue weighted by Crippen LogP contribution is -2.36. The number of hydrogen-bond donors (Lipinski definition) is 4. The van der Waals surface area contributed by atoms with Crippen molar-refractivity contribution in [2.75, 3.05) is 0 Å². The summed E-state index contributed by atoms with van der Waals surface area (Å²) in [5.74, 6) is -0.922. The number of carboxylic acids is 1. The molecular weight excluding hydrogens is 294 g/mol. The van der Waals surface area contributed by atoms with Gasteiger partial charge in [0.05, 0.1) is 18.6 Å². The van der Waals surface area contributed by atoms with Crippen molar-refractivity contribution in [2.24, 2.45) is 0 Å². The van der Waals surface area contributed by atoms with E-state index in [0.717, 1.165) is 19.3 Å². The number of aliphatic hydroxyl groups is 2. The van der Waals surface area contributed by atoms with Crippen LogP contribution in [0.1, 0.15) is 84.0 Å². The van der Waals surface area contributed by atoms with Crippen LogP contribution >= 0.6 is 0 Å². The molecule has 1 aliphatic rings. The van der Waals surface area contributed by atoms with Crippen LogP contribution in [0.4, 0.5) is 0 Å². The van der Waals surface area contributed by atoms with Crippen molar-refractivity contribution in [2.45, 2.75) is 108 Å². The molecule has 0 bridgehead atoms. The molecular formula is C18H35NO4. The highest BCUT2D eigenvalue weighted by molar-refractivity contribution is 5.67. The Morgan fingerprint density at radius 2 is 1.65 bits per heavy atom. The summed E-state index contributed by atoms with van der Waals surface area (Å²) in [5.41, 5.74) is 0. The molecule has 0 aliphatic carbocycles. The Morgan fingerprint density at radius 1 is 1.04 bits per heavy atom. The van der Waals surface area contributed by atoms with Gasteiger partial charge in [0.25, 0.3) is 0 Å². The average molecular weight is 329 g/mol. The van der Waals surface area contributed by atoms with Crippen LogP contribution in [0.15, 0.2) is 0 Å². The quantitative estimate of drug-likeness (QED) is 0.390. The Kier molecular flexibility index (Phi) is 10.5. The Hall–Kier alpha value is -0.650. The van der Waals surface area contributed by atoms with E-state index in [1.807, 2.05) is 6.92 Å². The van der Waals surface area contributed by atoms with Crippen LogP contribution < -0.4 is 5.32 Å². The van der Waals surface area contributed by atoms with Gasteiger partial charge in [-0.25, -0.2) is 0 Å². The van der Waals surface area contributed by atoms with E-state index in [9.17, 15) is 15.0 Å². The first-order valence-corrected chi connectivity index (χ1v) is 9.33. The first-order valence-electron chi connectivity index (χ1n) is 9.33. The minimum absolute atomic E-state index is 0.134. The highest BCUT2D eigenvalue weighted by atomic mass is 16.4. The molecule has 1 rings (SSSR count). The first-order chi connectivity index (χ1) is 11.0. The average Bonchev–Trinajstić information content (AvgIpc) is 2.93. The van der Waals surface area contributed by atoms with Crippen molar-refractivity contribution in [1.29, 1.82) is 0 Å². The summed E-state index contributed by atoms with van der Waals surface area (Å²) in [5, 5.41) is 31.1. The zero-order chi connectivity index (χ0) is 17.1. The lowest BCUT2D eigenvalue weighted by atomic mass is 10.0. The van der Waals surface area contributed by atoms with Gasteiger partial charge in [0.1, 0.15) is 0 Å². The minimum Gasteiger partial charge on any atom is -0.481 e. The standard InChI is InChI=1S/C18H35NO4/c1-14(20)17-12-11-15(19-17)9-7-5-3-2-4-6-8-10-16(21)13-18(22)23/h14-17,19-21H,2-13H2,1H3,(H,22,23)/t14-,15-,16+,17-/m0/s1. The van der Waals surface area contributed by atoms with Crippen LogP contribution in [-0.4, -0.2) is 45.6 Å². The summed E-state index contributed by atoms with van der Waals surface area (Å²) in [6.07, 6.45) is 11.2. The van der Waals surface area contributed by atoms with Gasteiger partial charge in [-0.1, -0.05) is 44.9 Å². The first kappa shape index (κ1) is 20.4. The van der Waals surface area contributed by atoms with E-state index in [0.29, 0.717) is 12.5 Å². The third-order valence-corrected chi connectivity index (χ3v) is 4.86. The third kappa shape index (κ3) is 9.95. The SMILES string of the molecule is C[C@H](O)[C@@H]1CC[C@H](CCCCCCCCC[C@@H](O)CC(=O)O)N1. The maximum atomic E-state index is 10.4. The van der Waals surface area contributed by atoms with Gasteiger partial charge in [-0.2, -0.15) is 0 Å². The van der Waals surface area contributed by atoms with Crippen LogP contribution in [0, 0.1) is 0 Å². The van der Waals surface area contributed by atoms with Gasteiger partial charge < -0.3 is 20.6 Å². The number of hydrogen-bond acceptors (Lipinski definition) is 4. The Bertz CT molecular complexity index is 322. The molecule has 0 unspecified atom stereocenters. The highest BCUT2D eigenvalue weighted by Gasteiger charge is 2.25. The summed E-state index contributed by atoms with van der Waals surface area (Å²) in [6.45, 7) is 1.86. The molecule has 5 nitrogen and oxygen atoms in total. The molecule has 0 spiro atoms. The Morgan fingerprint density at radius 3 is 2.22 bits per heavy atom. The topological polar surface area (TPSA) is 89.8 Å². The second-order valence-electron chi connectivity index (χ2n) is 7.09. The van der Waals surface area contributed by atoms with Gasteiger partial charge in [0, 0.05) is 12.1 Å². The predicted molar refractivity (Wildman–Crippen MR) is 91.4 cm³/mol. The van der Waals surface area contributed by atoms with Crippen molar-refractivity contribution in [1.82, 2.24) is 5.32 Å². The zero-order valence-corrected chi connectivity index (χ0v) is 14.5. The van der Waals surface area contributed by atoms with Crippen LogP contribution in [0.3, 0.4) is 0 Å². The van der Waals surface area contributed by atoms with Crippen molar-refractivity contribution in [3.63, 3.8) is 0 Å². The van der Waals surface area contributed by atoms with Gasteiger partial charge >= 0.3 is 5.97 Å². The smallest absolute Gasteiger partial charge is 0.305 e. The van der Waals surface area contributed by atoms with Crippen molar-refractivity contribution in [3.8, 4) is 0 Å². The summed E-state index contributed by atoms with van der Waals surface area (Å²) in [4.78, 5) is 10.4. The van der Waals surface area contributed by atoms with Crippen molar-refractivity contribution < 1.29 is 20.1 Å². The predicted octanol–water partition coefficient (Wildman–Crippen LogP) is 2.83. The summed E-state index contributed by atoms with van der Waals surface area (Å²) >= 11 is 0. The van der Waals surface area contributed by atoms with Crippen LogP contribution in [-0.2, 0) is 4.79 Å². The zero-order valence-electron chi connectivity index (χ0n) is 14.5. The molecule has 1 heterocycles. The number of unbranched alkanes of at least 4 members (excludes halogenated alkanes) is 6. The number of carboxylic acid groups (broad SMARTS) is 1. The van der Waals surface area contributed by atoms with Crippen molar-refractivity contribution in [3.05, 3.63) is 0 Å². The van der Waals surface area contributed by atoms with E-state index >= 15 is 0 Å². The van der Waals surface area contributed by atoms with Gasteiger partial charge in [-0.05, 0) is 32.6 Å². The molecule has 0 aromatic heterocycles. The largest absolute Gasteiger partial charge is 0.481 e. The van der Waals surface area contributed by atoms with Crippen LogP contribution in [0.25, 0.3) is 0 Å². The molecule has 1 saturated heterocycles. The minimum atomic E-state index is -0.922. The van der Waals surface area contributed by atoms with Crippen LogP contribution in [0.5, 0.6) is 0 Å². The molecule has 4 atom stereocenters. The molecule has 0 radical (unpaired) electrons. The fourth-order valence-electron chi connectivity index (χ4n) is 3.42. The molecule has 23 heavy (non-hydrogen) atoms. The fraction of sp³-hybridized carbons (Fsp3) is 0.944. The molecule has 0 aromatic carbocycles. The van der Waals surface area contributed by atoms with Gasteiger partial charge in [0.15, 0.2) is 0 Å². The Labute approximate surface area is 140 Å². The molecule has 1 aliphatic heterocycles. The van der Waals surface area contributed by atoms with E-state index in [2.05, 4.69) is 5.32 Å². The number of rotatable bonds is 13. The van der Waals surface area contributed by atoms with Gasteiger partial charge in [-0.15, -0.1) is 0 Å². The second kappa shape index (κ2) is 11.8. The van der Waals surface area contributed by atoms with E-state index in [4.69, 9.17) is 5.11 Å². The molecule has 136 valence electrons. The number of aliphatic carboxylic acids is 1. The van der Waals surface area contributed by atoms with Gasteiger partial charge in [0.2, 0.25) is 0 Å². The monoisotopic (exact) mass is 329 g/mol. The lowest BCUT2D eigenvalue weighted by Gasteiger charge is -2.16. The third-order valence-electron chi connectivity index (χ3n) is 4.86. The summed E-state index contributed by atoms with van der Waals surface area (Å²) < 4.78 is 0. The second-order valence-corrected chi connectivity index (χ2v) is 7.09. The van der Waals surface area contributed by atoms with Crippen LogP contribution in [0.2, 0.25) is 0 Å². The molecule has 0 amide bonds. The number of aliphatic hydroxyl groups excluding tert-OH is 2. The van der Waals surface area contributed by atoms with E-state index in [-0.39, 0.29) is 18.6 Å². The molecule has 5 heteroatoms. The van der Waals surface area contributed by atoms with Gasteiger partial charge in [-0.3, -0.25) is 4.79 Å². The summed E-state index contributed by atoms with van der Waals surface area (Å²) in [7, 11) is 0. The van der Waals surface area contributed by atoms with E-state index in [1.54, 1.807) is 0 Å². The fourth-order valence-corrected chi connectivity index (χ4v) is 3.42. The van der Waals surface area contributed by atoms with Crippen molar-refractivity contribution >= 4 is 5.97 Å². The van der Waals surface area contributed by atoms with E-state index in [1.165, 1.54) is 44.9 Å². The maximum Gasteiger partial charge on any atom is 0.305 e. The Balaban J connectivity index is 1.84.